The molecule has 17 heavy (non-hydrogen) atoms. The molecule has 2 heterocycles. The predicted molar refractivity (Wildman–Crippen MR) is 57.6 cm³/mol. The molecule has 2 unspecified atom stereocenters. The van der Waals surface area contributed by atoms with Crippen molar-refractivity contribution >= 4 is 5.97 Å². The minimum Gasteiger partial charge on any atom is -0.481 e. The minimum absolute atomic E-state index is 0.113. The SMILES string of the molecule is CC1OCCC1c1nnc(CCCC(=O)O)o1. The lowest BCUT2D eigenvalue weighted by molar-refractivity contribution is -0.137. The maximum Gasteiger partial charge on any atom is 0.303 e. The zero-order valence-corrected chi connectivity index (χ0v) is 9.76. The fourth-order valence-electron chi connectivity index (χ4n) is 1.96. The summed E-state index contributed by atoms with van der Waals surface area (Å²) < 4.78 is 11.0. The Kier molecular flexibility index (Phi) is 3.73. The Morgan fingerprint density at radius 1 is 1.53 bits per heavy atom. The first kappa shape index (κ1) is 12.0. The van der Waals surface area contributed by atoms with Crippen LogP contribution >= 0.6 is 0 Å². The fourth-order valence-corrected chi connectivity index (χ4v) is 1.96. The van der Waals surface area contributed by atoms with Crippen molar-refractivity contribution in [1.82, 2.24) is 10.2 Å². The number of aromatic nitrogens is 2. The van der Waals surface area contributed by atoms with Crippen molar-refractivity contribution in [3.05, 3.63) is 11.8 Å². The monoisotopic (exact) mass is 240 g/mol. The van der Waals surface area contributed by atoms with E-state index in [0.717, 1.165) is 13.0 Å². The second-order valence-electron chi connectivity index (χ2n) is 4.25. The van der Waals surface area contributed by atoms with Gasteiger partial charge in [-0.15, -0.1) is 10.2 Å². The molecule has 0 bridgehead atoms. The third kappa shape index (κ3) is 3.03. The zero-order chi connectivity index (χ0) is 12.3. The first-order chi connectivity index (χ1) is 8.16. The molecule has 2 rings (SSSR count). The molecular weight excluding hydrogens is 224 g/mol. The van der Waals surface area contributed by atoms with Crippen molar-refractivity contribution in [2.75, 3.05) is 6.61 Å². The third-order valence-electron chi connectivity index (χ3n) is 2.96. The molecule has 1 fully saturated rings. The molecular formula is C11H16N2O4. The van der Waals surface area contributed by atoms with Gasteiger partial charge in [-0.3, -0.25) is 4.79 Å². The highest BCUT2D eigenvalue weighted by atomic mass is 16.5. The van der Waals surface area contributed by atoms with Gasteiger partial charge < -0.3 is 14.3 Å². The molecule has 94 valence electrons. The molecule has 0 amide bonds. The molecule has 0 saturated carbocycles. The van der Waals surface area contributed by atoms with Crippen LogP contribution in [-0.2, 0) is 16.0 Å². The Morgan fingerprint density at radius 3 is 3.00 bits per heavy atom. The second kappa shape index (κ2) is 5.27. The lowest BCUT2D eigenvalue weighted by atomic mass is 10.0. The van der Waals surface area contributed by atoms with Crippen LogP contribution in [0, 0.1) is 0 Å². The molecule has 1 aliphatic rings. The number of carboxylic acid groups (broad SMARTS) is 1. The third-order valence-corrected chi connectivity index (χ3v) is 2.96. The molecule has 0 aromatic carbocycles. The van der Waals surface area contributed by atoms with Crippen molar-refractivity contribution in [2.24, 2.45) is 0 Å². The van der Waals surface area contributed by atoms with Crippen molar-refractivity contribution in [3.63, 3.8) is 0 Å². The van der Waals surface area contributed by atoms with E-state index in [9.17, 15) is 4.79 Å². The topological polar surface area (TPSA) is 85.5 Å². The van der Waals surface area contributed by atoms with Gasteiger partial charge in [-0.25, -0.2) is 0 Å². The molecule has 1 N–H and O–H groups in total. The Hall–Kier alpha value is -1.43. The van der Waals surface area contributed by atoms with Gasteiger partial charge in [0.1, 0.15) is 0 Å². The summed E-state index contributed by atoms with van der Waals surface area (Å²) >= 11 is 0. The average molecular weight is 240 g/mol. The first-order valence-electron chi connectivity index (χ1n) is 5.82. The van der Waals surface area contributed by atoms with Crippen LogP contribution in [0.15, 0.2) is 4.42 Å². The standard InChI is InChI=1S/C11H16N2O4/c1-7-8(5-6-16-7)11-13-12-9(17-11)3-2-4-10(14)15/h7-8H,2-6H2,1H3,(H,14,15). The van der Waals surface area contributed by atoms with Gasteiger partial charge in [-0.05, 0) is 19.8 Å². The lowest BCUT2D eigenvalue weighted by Gasteiger charge is -2.07. The number of hydrogen-bond donors (Lipinski definition) is 1. The van der Waals surface area contributed by atoms with Crippen LogP contribution in [0.25, 0.3) is 0 Å². The molecule has 6 heteroatoms. The molecule has 2 atom stereocenters. The predicted octanol–water partition coefficient (Wildman–Crippen LogP) is 1.37. The molecule has 1 aliphatic heterocycles. The van der Waals surface area contributed by atoms with Crippen LogP contribution in [0.2, 0.25) is 0 Å². The van der Waals surface area contributed by atoms with E-state index in [1.54, 1.807) is 0 Å². The second-order valence-corrected chi connectivity index (χ2v) is 4.25. The van der Waals surface area contributed by atoms with Gasteiger partial charge in [0.15, 0.2) is 0 Å². The van der Waals surface area contributed by atoms with E-state index in [0.29, 0.717) is 24.6 Å². The summed E-state index contributed by atoms with van der Waals surface area (Å²) in [4.78, 5) is 10.4. The van der Waals surface area contributed by atoms with Gasteiger partial charge in [-0.1, -0.05) is 0 Å². The number of rotatable bonds is 5. The van der Waals surface area contributed by atoms with Gasteiger partial charge in [0.05, 0.1) is 12.0 Å². The maximum atomic E-state index is 10.4. The zero-order valence-electron chi connectivity index (χ0n) is 9.76. The summed E-state index contributed by atoms with van der Waals surface area (Å²) in [6.45, 7) is 2.72. The molecule has 1 saturated heterocycles. The summed E-state index contributed by atoms with van der Waals surface area (Å²) in [6.07, 6.45) is 2.18. The summed E-state index contributed by atoms with van der Waals surface area (Å²) in [5.74, 6) is 0.499. The van der Waals surface area contributed by atoms with E-state index in [1.165, 1.54) is 0 Å². The Labute approximate surface area is 99.0 Å². The van der Waals surface area contributed by atoms with Crippen LogP contribution in [-0.4, -0.2) is 34.0 Å². The lowest BCUT2D eigenvalue weighted by Crippen LogP contribution is -2.09. The Balaban J connectivity index is 1.89. The van der Waals surface area contributed by atoms with E-state index in [-0.39, 0.29) is 18.4 Å². The van der Waals surface area contributed by atoms with E-state index >= 15 is 0 Å². The first-order valence-corrected chi connectivity index (χ1v) is 5.82. The number of ether oxygens (including phenoxy) is 1. The van der Waals surface area contributed by atoms with Gasteiger partial charge in [0.25, 0.3) is 0 Å². The maximum absolute atomic E-state index is 10.4. The molecule has 0 radical (unpaired) electrons. The van der Waals surface area contributed by atoms with Crippen LogP contribution in [0.1, 0.15) is 43.9 Å². The number of hydrogen-bond acceptors (Lipinski definition) is 5. The van der Waals surface area contributed by atoms with Crippen molar-refractivity contribution in [2.45, 2.75) is 44.6 Å². The van der Waals surface area contributed by atoms with E-state index in [2.05, 4.69) is 10.2 Å². The fraction of sp³-hybridized carbons (Fsp3) is 0.727. The summed E-state index contributed by atoms with van der Waals surface area (Å²) in [5, 5.41) is 16.5. The highest BCUT2D eigenvalue weighted by Gasteiger charge is 2.30. The van der Waals surface area contributed by atoms with E-state index in [1.807, 2.05) is 6.92 Å². The summed E-state index contributed by atoms with van der Waals surface area (Å²) in [7, 11) is 0. The summed E-state index contributed by atoms with van der Waals surface area (Å²) in [6, 6.07) is 0. The number of carbonyl (C=O) groups is 1. The van der Waals surface area contributed by atoms with Gasteiger partial charge in [-0.2, -0.15) is 0 Å². The molecule has 0 aliphatic carbocycles. The molecule has 0 spiro atoms. The number of aryl methyl sites for hydroxylation is 1. The van der Waals surface area contributed by atoms with Gasteiger partial charge >= 0.3 is 5.97 Å². The molecule has 6 nitrogen and oxygen atoms in total. The largest absolute Gasteiger partial charge is 0.481 e. The average Bonchev–Trinajstić information content (AvgIpc) is 2.86. The number of nitrogens with zero attached hydrogens (tertiary/aromatic N) is 2. The quantitative estimate of drug-likeness (QED) is 0.836. The Bertz CT molecular complexity index is 391. The van der Waals surface area contributed by atoms with E-state index in [4.69, 9.17) is 14.3 Å². The number of carboxylic acids is 1. The summed E-state index contributed by atoms with van der Waals surface area (Å²) in [5.41, 5.74) is 0. The Morgan fingerprint density at radius 2 is 2.35 bits per heavy atom. The minimum atomic E-state index is -0.803. The molecule has 1 aromatic heterocycles. The number of aliphatic carboxylic acids is 1. The molecule has 1 aromatic rings. The van der Waals surface area contributed by atoms with Crippen LogP contribution in [0.3, 0.4) is 0 Å². The van der Waals surface area contributed by atoms with Crippen molar-refractivity contribution in [3.8, 4) is 0 Å². The normalized spacial score (nSPS) is 24.1. The van der Waals surface area contributed by atoms with Gasteiger partial charge in [0, 0.05) is 19.4 Å². The van der Waals surface area contributed by atoms with Crippen LogP contribution < -0.4 is 0 Å². The van der Waals surface area contributed by atoms with E-state index < -0.39 is 5.97 Å². The van der Waals surface area contributed by atoms with Crippen LogP contribution in [0.4, 0.5) is 0 Å². The smallest absolute Gasteiger partial charge is 0.303 e. The highest BCUT2D eigenvalue weighted by Crippen LogP contribution is 2.30. The van der Waals surface area contributed by atoms with Gasteiger partial charge in [0.2, 0.25) is 11.8 Å². The van der Waals surface area contributed by atoms with Crippen LogP contribution in [0.5, 0.6) is 0 Å². The highest BCUT2D eigenvalue weighted by molar-refractivity contribution is 5.66. The van der Waals surface area contributed by atoms with Crippen molar-refractivity contribution in [1.29, 1.82) is 0 Å². The van der Waals surface area contributed by atoms with Crippen molar-refractivity contribution < 1.29 is 19.1 Å².